The van der Waals surface area contributed by atoms with E-state index in [0.717, 1.165) is 16.7 Å². The first-order valence-corrected chi connectivity index (χ1v) is 8.39. The van der Waals surface area contributed by atoms with Crippen LogP contribution >= 0.6 is 7.92 Å². The van der Waals surface area contributed by atoms with Crippen molar-refractivity contribution in [1.82, 2.24) is 0 Å². The van der Waals surface area contributed by atoms with Crippen LogP contribution < -0.4 is 34.8 Å². The van der Waals surface area contributed by atoms with E-state index in [-0.39, 0.29) is 18.9 Å². The molecule has 0 aliphatic carbocycles. The van der Waals surface area contributed by atoms with Gasteiger partial charge in [-0.05, 0) is 18.5 Å². The molecule has 24 heavy (non-hydrogen) atoms. The molecule has 3 aromatic rings. The van der Waals surface area contributed by atoms with E-state index in [1.165, 1.54) is 12.1 Å². The zero-order valence-electron chi connectivity index (χ0n) is 13.1. The van der Waals surface area contributed by atoms with Crippen molar-refractivity contribution in [3.05, 3.63) is 90.5 Å². The van der Waals surface area contributed by atoms with E-state index in [9.17, 15) is 13.2 Å². The smallest absolute Gasteiger partial charge is 0.176 e. The van der Waals surface area contributed by atoms with Crippen LogP contribution in [0.1, 0.15) is 5.56 Å². The van der Waals surface area contributed by atoms with Gasteiger partial charge in [-0.3, -0.25) is 0 Å². The van der Waals surface area contributed by atoms with E-state index in [4.69, 9.17) is 0 Å². The van der Waals surface area contributed by atoms with E-state index in [1.54, 1.807) is 0 Å². The van der Waals surface area contributed by atoms with Crippen LogP contribution in [0.5, 0.6) is 0 Å². The third-order valence-corrected chi connectivity index (χ3v) is 5.75. The summed E-state index contributed by atoms with van der Waals surface area (Å²) in [6.45, 7) is 0. The second kappa shape index (κ2) is 8.04. The summed E-state index contributed by atoms with van der Waals surface area (Å²) in [6, 6.07) is 25.9. The van der Waals surface area contributed by atoms with Gasteiger partial charge in [0, 0.05) is 0 Å². The Bertz CT molecular complexity index is 734. The molecule has 0 heterocycles. The average Bonchev–Trinajstić information content (AvgIpc) is 2.57. The monoisotopic (exact) mass is 336 g/mol. The van der Waals surface area contributed by atoms with Crippen molar-refractivity contribution >= 4 is 23.8 Å². The first kappa shape index (κ1) is 18.8. The summed E-state index contributed by atoms with van der Waals surface area (Å²) in [6.07, 6.45) is -4.35. The maximum atomic E-state index is 13.0. The number of rotatable bonds is 3. The van der Waals surface area contributed by atoms with Crippen LogP contribution in [-0.4, -0.2) is 0 Å². The molecule has 0 unspecified atom stereocenters. The van der Waals surface area contributed by atoms with Crippen LogP contribution in [0.3, 0.4) is 0 Å². The quantitative estimate of drug-likeness (QED) is 0.384. The van der Waals surface area contributed by atoms with Gasteiger partial charge in [0.25, 0.3) is 0 Å². The standard InChI is InChI=1S/C19H13F3P.Li/c20-19(21,22)15-8-7-13-18(14-15)23(16-9-3-1-4-10-16)17-11-5-2-6-12-17;/h1-12,14H;/q-1;+1. The largest absolute Gasteiger partial charge is 1.00 e. The SMILES string of the molecule is FC(F)(F)c1cc[c-]c(P(c2ccccc2)c2ccccc2)c1.[Li+]. The first-order valence-electron chi connectivity index (χ1n) is 7.05. The van der Waals surface area contributed by atoms with Crippen LogP contribution in [0.25, 0.3) is 0 Å². The molecule has 0 saturated heterocycles. The van der Waals surface area contributed by atoms with Gasteiger partial charge in [-0.1, -0.05) is 66.2 Å². The molecule has 0 aromatic heterocycles. The van der Waals surface area contributed by atoms with Crippen LogP contribution in [0, 0.1) is 6.07 Å². The topological polar surface area (TPSA) is 0 Å². The van der Waals surface area contributed by atoms with Crippen molar-refractivity contribution in [3.8, 4) is 0 Å². The summed E-state index contributed by atoms with van der Waals surface area (Å²) in [7, 11) is -1.06. The fraction of sp³-hybridized carbons (Fsp3) is 0.0526. The minimum atomic E-state index is -4.35. The Morgan fingerprint density at radius 3 is 1.71 bits per heavy atom. The number of hydrogen-bond donors (Lipinski definition) is 0. The Morgan fingerprint density at radius 1 is 0.750 bits per heavy atom. The maximum absolute atomic E-state index is 13.0. The van der Waals surface area contributed by atoms with Crippen molar-refractivity contribution in [1.29, 1.82) is 0 Å². The predicted octanol–water partition coefficient (Wildman–Crippen LogP) is 1.27. The Labute approximate surface area is 152 Å². The number of benzene rings is 3. The molecule has 0 bridgehead atoms. The summed E-state index contributed by atoms with van der Waals surface area (Å²) in [4.78, 5) is 0. The minimum Gasteiger partial charge on any atom is -0.176 e. The van der Waals surface area contributed by atoms with Gasteiger partial charge in [0.2, 0.25) is 0 Å². The Kier molecular flexibility index (Phi) is 6.30. The normalized spacial score (nSPS) is 11.2. The van der Waals surface area contributed by atoms with E-state index >= 15 is 0 Å². The Balaban J connectivity index is 0.00000208. The van der Waals surface area contributed by atoms with Crippen molar-refractivity contribution in [2.45, 2.75) is 6.18 Å². The van der Waals surface area contributed by atoms with Gasteiger partial charge in [-0.15, -0.1) is 5.30 Å². The average molecular weight is 336 g/mol. The molecule has 0 N–H and O–H groups in total. The zero-order valence-corrected chi connectivity index (χ0v) is 14.0. The molecular weight excluding hydrogens is 323 g/mol. The third kappa shape index (κ3) is 4.31. The summed E-state index contributed by atoms with van der Waals surface area (Å²) in [5, 5.41) is 2.58. The maximum Gasteiger partial charge on any atom is 1.00 e. The van der Waals surface area contributed by atoms with Gasteiger partial charge in [0.05, 0.1) is 0 Å². The van der Waals surface area contributed by atoms with Crippen molar-refractivity contribution in [2.75, 3.05) is 0 Å². The molecule has 0 aliphatic rings. The third-order valence-electron chi connectivity index (χ3n) is 3.38. The molecule has 0 spiro atoms. The molecule has 3 aromatic carbocycles. The van der Waals surface area contributed by atoms with Crippen molar-refractivity contribution in [2.24, 2.45) is 0 Å². The van der Waals surface area contributed by atoms with Crippen LogP contribution in [0.4, 0.5) is 13.2 Å². The van der Waals surface area contributed by atoms with Crippen LogP contribution in [0.2, 0.25) is 0 Å². The fourth-order valence-electron chi connectivity index (χ4n) is 2.34. The van der Waals surface area contributed by atoms with Gasteiger partial charge in [-0.2, -0.15) is 37.4 Å². The van der Waals surface area contributed by atoms with E-state index in [1.807, 2.05) is 60.7 Å². The Morgan fingerprint density at radius 2 is 1.25 bits per heavy atom. The first-order chi connectivity index (χ1) is 11.1. The van der Waals surface area contributed by atoms with Gasteiger partial charge in [0.15, 0.2) is 0 Å². The molecule has 116 valence electrons. The van der Waals surface area contributed by atoms with Gasteiger partial charge in [-0.25, -0.2) is 0 Å². The molecule has 0 fully saturated rings. The van der Waals surface area contributed by atoms with Crippen LogP contribution in [-0.2, 0) is 6.18 Å². The molecule has 0 aliphatic heterocycles. The number of hydrogen-bond acceptors (Lipinski definition) is 0. The number of halogens is 3. The minimum absolute atomic E-state index is 0. The fourth-order valence-corrected chi connectivity index (χ4v) is 4.61. The van der Waals surface area contributed by atoms with E-state index < -0.39 is 19.7 Å². The van der Waals surface area contributed by atoms with Crippen molar-refractivity contribution in [3.63, 3.8) is 0 Å². The van der Waals surface area contributed by atoms with E-state index in [0.29, 0.717) is 5.30 Å². The molecule has 0 amide bonds. The summed E-state index contributed by atoms with van der Waals surface area (Å²) >= 11 is 0. The molecule has 5 heteroatoms. The molecule has 3 rings (SSSR count). The summed E-state index contributed by atoms with van der Waals surface area (Å²) in [5.41, 5.74) is -0.634. The summed E-state index contributed by atoms with van der Waals surface area (Å²) < 4.78 is 39.1. The molecule has 0 saturated carbocycles. The predicted molar refractivity (Wildman–Crippen MR) is 89.0 cm³/mol. The molecule has 0 radical (unpaired) electrons. The second-order valence-corrected chi connectivity index (χ2v) is 7.15. The molecule has 0 nitrogen and oxygen atoms in total. The van der Waals surface area contributed by atoms with Gasteiger partial charge in [0.1, 0.15) is 0 Å². The van der Waals surface area contributed by atoms with E-state index in [2.05, 4.69) is 6.07 Å². The molecule has 0 atom stereocenters. The number of alkyl halides is 3. The zero-order chi connectivity index (χ0) is 16.3. The summed E-state index contributed by atoms with van der Waals surface area (Å²) in [5.74, 6) is 0. The van der Waals surface area contributed by atoms with Crippen LogP contribution in [0.15, 0.2) is 78.9 Å². The van der Waals surface area contributed by atoms with Gasteiger partial charge < -0.3 is 0 Å². The van der Waals surface area contributed by atoms with Gasteiger partial charge >= 0.3 is 25.0 Å². The Hall–Kier alpha value is -1.52. The molecular formula is C19H13F3LiP. The second-order valence-electron chi connectivity index (χ2n) is 4.97. The van der Waals surface area contributed by atoms with Crippen molar-refractivity contribution < 1.29 is 32.0 Å².